The lowest BCUT2D eigenvalue weighted by atomic mass is 10.3. The normalized spacial score (nSPS) is 13.2. The molecule has 5 heteroatoms. The topological polar surface area (TPSA) is 30.9 Å². The Hall–Kier alpha value is -0.883. The molecule has 0 amide bonds. The quantitative estimate of drug-likeness (QED) is 0.484. The van der Waals surface area contributed by atoms with E-state index in [9.17, 15) is 0 Å². The number of rotatable bonds is 10. The summed E-state index contributed by atoms with van der Waals surface area (Å²) in [4.78, 5) is 2.11. The fourth-order valence-electron chi connectivity index (χ4n) is 2.27. The number of hydrogen-bond acceptors (Lipinski definition) is 4. The first-order valence-electron chi connectivity index (χ1n) is 7.82. The Labute approximate surface area is 130 Å². The molecule has 0 aliphatic heterocycles. The van der Waals surface area contributed by atoms with Crippen molar-refractivity contribution in [1.29, 1.82) is 0 Å². The van der Waals surface area contributed by atoms with E-state index in [1.165, 1.54) is 0 Å². The van der Waals surface area contributed by atoms with Crippen LogP contribution < -0.4 is 4.90 Å². The Morgan fingerprint density at radius 1 is 1.05 bits per heavy atom. The molecule has 0 heterocycles. The molecule has 0 bridgehead atoms. The molecular weight excluding hydrogens is 282 g/mol. The van der Waals surface area contributed by atoms with Crippen LogP contribution in [0.2, 0.25) is 6.04 Å². The Morgan fingerprint density at radius 2 is 1.62 bits per heavy atom. The third kappa shape index (κ3) is 5.43. The van der Waals surface area contributed by atoms with E-state index in [4.69, 9.17) is 13.3 Å². The van der Waals surface area contributed by atoms with E-state index >= 15 is 0 Å². The lowest BCUT2D eigenvalue weighted by Crippen LogP contribution is -2.51. The zero-order chi connectivity index (χ0) is 15.7. The van der Waals surface area contributed by atoms with Crippen molar-refractivity contribution >= 4 is 14.5 Å². The molecule has 1 aromatic rings. The molecule has 1 rings (SSSR count). The van der Waals surface area contributed by atoms with Gasteiger partial charge in [-0.05, 0) is 32.9 Å². The van der Waals surface area contributed by atoms with Gasteiger partial charge in [0.15, 0.2) is 0 Å². The molecule has 0 saturated carbocycles. The summed E-state index contributed by atoms with van der Waals surface area (Å²) >= 11 is 0. The molecule has 0 fully saturated rings. The van der Waals surface area contributed by atoms with Gasteiger partial charge in [-0.25, -0.2) is 0 Å². The van der Waals surface area contributed by atoms with Gasteiger partial charge in [-0.15, -0.1) is 0 Å². The van der Waals surface area contributed by atoms with Crippen LogP contribution in [0, 0.1) is 0 Å². The third-order valence-corrected chi connectivity index (χ3v) is 6.61. The van der Waals surface area contributed by atoms with E-state index in [2.05, 4.69) is 24.0 Å². The molecule has 0 saturated heterocycles. The molecular formula is C16H29NO3Si. The minimum atomic E-state index is -2.60. The average Bonchev–Trinajstić information content (AvgIpc) is 2.48. The first-order valence-corrected chi connectivity index (χ1v) is 9.75. The molecule has 0 radical (unpaired) electrons. The van der Waals surface area contributed by atoms with Crippen LogP contribution in [0.4, 0.5) is 5.69 Å². The maximum absolute atomic E-state index is 6.30. The maximum atomic E-state index is 6.30. The lowest BCUT2D eigenvalue weighted by Gasteiger charge is -2.35. The summed E-state index contributed by atoms with van der Waals surface area (Å²) in [5, 5.41) is 0. The largest absolute Gasteiger partial charge is 0.502 e. The highest BCUT2D eigenvalue weighted by molar-refractivity contribution is 6.60. The molecule has 1 unspecified atom stereocenters. The van der Waals surface area contributed by atoms with E-state index in [1.54, 1.807) is 0 Å². The SMILES string of the molecule is CCC[Si](OCC)(OCC)OC(C)N(C)c1ccccc1. The lowest BCUT2D eigenvalue weighted by molar-refractivity contribution is 0.0386. The average molecular weight is 311 g/mol. The maximum Gasteiger partial charge on any atom is 0.502 e. The Bertz CT molecular complexity index is 371. The monoisotopic (exact) mass is 311 g/mol. The predicted molar refractivity (Wildman–Crippen MR) is 89.5 cm³/mol. The van der Waals surface area contributed by atoms with Crippen molar-refractivity contribution in [2.24, 2.45) is 0 Å². The van der Waals surface area contributed by atoms with Crippen LogP contribution >= 0.6 is 0 Å². The van der Waals surface area contributed by atoms with Gasteiger partial charge in [-0.1, -0.05) is 31.5 Å². The fourth-order valence-corrected chi connectivity index (χ4v) is 5.07. The molecule has 1 aromatic carbocycles. The van der Waals surface area contributed by atoms with Gasteiger partial charge in [0.1, 0.15) is 6.23 Å². The Morgan fingerprint density at radius 3 is 2.10 bits per heavy atom. The molecule has 21 heavy (non-hydrogen) atoms. The van der Waals surface area contributed by atoms with Gasteiger partial charge < -0.3 is 18.2 Å². The minimum Gasteiger partial charge on any atom is -0.374 e. The highest BCUT2D eigenvalue weighted by Crippen LogP contribution is 2.23. The smallest absolute Gasteiger partial charge is 0.374 e. The van der Waals surface area contributed by atoms with Gasteiger partial charge >= 0.3 is 8.80 Å². The van der Waals surface area contributed by atoms with E-state index in [0.717, 1.165) is 18.2 Å². The van der Waals surface area contributed by atoms with Crippen LogP contribution in [-0.4, -0.2) is 35.3 Å². The van der Waals surface area contributed by atoms with E-state index in [0.29, 0.717) is 13.2 Å². The standard InChI is InChI=1S/C16H29NO3Si/c1-6-14-21(18-7-2,19-8-3)20-15(4)17(5)16-12-10-9-11-13-16/h9-13,15H,6-8,14H2,1-5H3. The van der Waals surface area contributed by atoms with Crippen LogP contribution in [0.5, 0.6) is 0 Å². The Balaban J connectivity index is 2.81. The first-order chi connectivity index (χ1) is 10.1. The second-order valence-corrected chi connectivity index (χ2v) is 7.64. The molecule has 0 aliphatic rings. The molecule has 1 atom stereocenters. The van der Waals surface area contributed by atoms with E-state index < -0.39 is 8.80 Å². The summed E-state index contributed by atoms with van der Waals surface area (Å²) in [6.07, 6.45) is 0.900. The summed E-state index contributed by atoms with van der Waals surface area (Å²) in [6.45, 7) is 9.40. The van der Waals surface area contributed by atoms with Crippen LogP contribution in [0.1, 0.15) is 34.1 Å². The molecule has 0 spiro atoms. The van der Waals surface area contributed by atoms with Crippen molar-refractivity contribution in [3.05, 3.63) is 30.3 Å². The second-order valence-electron chi connectivity index (χ2n) is 4.96. The molecule has 0 aromatic heterocycles. The van der Waals surface area contributed by atoms with E-state index in [1.807, 2.05) is 46.0 Å². The molecule has 0 N–H and O–H groups in total. The van der Waals surface area contributed by atoms with Crippen LogP contribution in [0.15, 0.2) is 30.3 Å². The van der Waals surface area contributed by atoms with Gasteiger partial charge in [0, 0.05) is 32.0 Å². The Kier molecular flexibility index (Phi) is 7.96. The molecule has 120 valence electrons. The van der Waals surface area contributed by atoms with Crippen LogP contribution in [0.25, 0.3) is 0 Å². The van der Waals surface area contributed by atoms with Crippen molar-refractivity contribution in [2.45, 2.75) is 46.4 Å². The highest BCUT2D eigenvalue weighted by atomic mass is 28.4. The zero-order valence-corrected chi connectivity index (χ0v) is 15.0. The zero-order valence-electron chi connectivity index (χ0n) is 14.0. The summed E-state index contributed by atoms with van der Waals surface area (Å²) in [7, 11) is -0.565. The number of para-hydroxylation sites is 1. The number of nitrogens with zero attached hydrogens (tertiary/aromatic N) is 1. The summed E-state index contributed by atoms with van der Waals surface area (Å²) in [6, 6.07) is 11.1. The van der Waals surface area contributed by atoms with Crippen molar-refractivity contribution in [3.63, 3.8) is 0 Å². The van der Waals surface area contributed by atoms with Gasteiger partial charge in [0.2, 0.25) is 0 Å². The fraction of sp³-hybridized carbons (Fsp3) is 0.625. The number of benzene rings is 1. The van der Waals surface area contributed by atoms with Crippen molar-refractivity contribution in [2.75, 3.05) is 25.2 Å². The van der Waals surface area contributed by atoms with Crippen molar-refractivity contribution in [3.8, 4) is 0 Å². The van der Waals surface area contributed by atoms with Crippen LogP contribution in [-0.2, 0) is 13.3 Å². The van der Waals surface area contributed by atoms with Crippen molar-refractivity contribution in [1.82, 2.24) is 0 Å². The van der Waals surface area contributed by atoms with Crippen LogP contribution in [0.3, 0.4) is 0 Å². The van der Waals surface area contributed by atoms with Gasteiger partial charge in [-0.3, -0.25) is 0 Å². The summed E-state index contributed by atoms with van der Waals surface area (Å²) in [5.41, 5.74) is 1.12. The summed E-state index contributed by atoms with van der Waals surface area (Å²) < 4.78 is 18.2. The van der Waals surface area contributed by atoms with Gasteiger partial charge in [0.05, 0.1) is 0 Å². The van der Waals surface area contributed by atoms with Crippen molar-refractivity contribution < 1.29 is 13.3 Å². The molecule has 4 nitrogen and oxygen atoms in total. The second kappa shape index (κ2) is 9.20. The third-order valence-electron chi connectivity index (χ3n) is 3.34. The predicted octanol–water partition coefficient (Wildman–Crippen LogP) is 3.91. The van der Waals surface area contributed by atoms with E-state index in [-0.39, 0.29) is 6.23 Å². The summed E-state index contributed by atoms with van der Waals surface area (Å²) in [5.74, 6) is 0. The number of hydrogen-bond donors (Lipinski definition) is 0. The minimum absolute atomic E-state index is 0.0938. The number of anilines is 1. The van der Waals surface area contributed by atoms with Gasteiger partial charge in [-0.2, -0.15) is 0 Å². The first kappa shape index (κ1) is 18.2. The highest BCUT2D eigenvalue weighted by Gasteiger charge is 2.42. The molecule has 0 aliphatic carbocycles. The van der Waals surface area contributed by atoms with Gasteiger partial charge in [0.25, 0.3) is 0 Å².